The lowest BCUT2D eigenvalue weighted by Crippen LogP contribution is -2.45. The second kappa shape index (κ2) is 25.5. The molecule has 2 aliphatic heterocycles. The van der Waals surface area contributed by atoms with Gasteiger partial charge in [-0.25, -0.2) is 26.3 Å². The fourth-order valence-corrected chi connectivity index (χ4v) is 9.53. The Morgan fingerprint density at radius 1 is 0.397 bits per heavy atom. The minimum Gasteiger partial charge on any atom is -0.381 e. The van der Waals surface area contributed by atoms with Gasteiger partial charge < -0.3 is 28.7 Å². The van der Waals surface area contributed by atoms with Gasteiger partial charge in [-0.1, -0.05) is 88.1 Å². The van der Waals surface area contributed by atoms with Crippen molar-refractivity contribution in [2.24, 2.45) is 10.8 Å². The summed E-state index contributed by atoms with van der Waals surface area (Å²) in [6.45, 7) is 10.5. The molecule has 0 amide bonds. The van der Waals surface area contributed by atoms with E-state index in [2.05, 4.69) is 13.8 Å². The van der Waals surface area contributed by atoms with Crippen LogP contribution in [0.3, 0.4) is 0 Å². The van der Waals surface area contributed by atoms with Crippen LogP contribution in [-0.2, 0) is 38.2 Å². The first-order chi connectivity index (χ1) is 35.5. The zero-order chi connectivity index (χ0) is 51.2. The van der Waals surface area contributed by atoms with Gasteiger partial charge in [-0.2, -0.15) is 0 Å². The van der Waals surface area contributed by atoms with E-state index < -0.39 is 34.9 Å². The van der Waals surface area contributed by atoms with Crippen molar-refractivity contribution in [1.29, 1.82) is 0 Å². The number of benzene rings is 6. The van der Waals surface area contributed by atoms with Gasteiger partial charge in [0.15, 0.2) is 34.9 Å². The van der Waals surface area contributed by atoms with Crippen LogP contribution in [0.2, 0.25) is 0 Å². The first kappa shape index (κ1) is 53.6. The molecule has 0 radical (unpaired) electrons. The molecule has 0 spiro atoms. The van der Waals surface area contributed by atoms with Crippen LogP contribution in [0.1, 0.15) is 100 Å². The Morgan fingerprint density at radius 2 is 0.699 bits per heavy atom. The number of hydrogen-bond donors (Lipinski definition) is 0. The van der Waals surface area contributed by atoms with Gasteiger partial charge in [-0.3, -0.25) is 0 Å². The van der Waals surface area contributed by atoms with Crippen molar-refractivity contribution in [2.45, 2.75) is 97.3 Å². The average molecular weight is 1010 g/mol. The molecular weight excluding hydrogens is 939 g/mol. The highest BCUT2D eigenvalue weighted by Crippen LogP contribution is 2.39. The van der Waals surface area contributed by atoms with Gasteiger partial charge in [-0.05, 0) is 129 Å². The second-order valence-electron chi connectivity index (χ2n) is 20.1. The molecule has 0 aromatic heterocycles. The zero-order valence-corrected chi connectivity index (χ0v) is 42.2. The molecule has 0 aliphatic carbocycles. The number of anilines is 6. The molecule has 2 aliphatic rings. The second-order valence-corrected chi connectivity index (χ2v) is 20.1. The number of ether oxygens (including phenoxy) is 4. The van der Waals surface area contributed by atoms with E-state index in [0.29, 0.717) is 29.2 Å². The van der Waals surface area contributed by atoms with Crippen molar-refractivity contribution in [1.82, 2.24) is 0 Å². The van der Waals surface area contributed by atoms with Crippen LogP contribution < -0.4 is 9.80 Å². The van der Waals surface area contributed by atoms with Gasteiger partial charge >= 0.3 is 0 Å². The maximum Gasteiger partial charge on any atom is 0.194 e. The zero-order valence-electron chi connectivity index (χ0n) is 42.2. The number of nitrogens with zero attached hydrogens (tertiary/aromatic N) is 2. The minimum absolute atomic E-state index is 0.137. The standard InChI is InChI=1S/C61H68F6N2O4/c1-3-60(40-72-41-60)38-70-31-11-7-5-9-13-44-15-23-48(24-16-44)68(52-34-54(62)58(66)55(63)35-52)50-27-19-46(20-28-50)33-47-21-29-51(30-22-47)69(53-36-56(64)59(67)57(65)37-53)49-25-17-45(18-26-49)14-10-6-8-12-32-71-39-61(4-2)42-73-43-61/h15-30,34-37H,3-14,31-33,38-43H2,1-2H3. The van der Waals surface area contributed by atoms with E-state index in [0.717, 1.165) is 176 Å². The molecule has 0 atom stereocenters. The highest BCUT2D eigenvalue weighted by Gasteiger charge is 2.37. The molecule has 2 heterocycles. The Kier molecular flexibility index (Phi) is 18.8. The summed E-state index contributed by atoms with van der Waals surface area (Å²) >= 11 is 0. The first-order valence-electron chi connectivity index (χ1n) is 26.0. The molecule has 2 fully saturated rings. The molecule has 6 aromatic rings. The van der Waals surface area contributed by atoms with E-state index in [1.807, 2.05) is 97.1 Å². The maximum absolute atomic E-state index is 14.7. The van der Waals surface area contributed by atoms with E-state index in [1.54, 1.807) is 9.80 Å². The van der Waals surface area contributed by atoms with Gasteiger partial charge in [0, 0.05) is 71.1 Å². The number of hydrogen-bond acceptors (Lipinski definition) is 6. The number of rotatable bonds is 28. The lowest BCUT2D eigenvalue weighted by Gasteiger charge is -2.40. The molecule has 0 bridgehead atoms. The molecule has 2 saturated heterocycles. The third-order valence-electron chi connectivity index (χ3n) is 14.6. The molecule has 8 rings (SSSR count). The Hall–Kier alpha value is -5.66. The average Bonchev–Trinajstić information content (AvgIpc) is 3.37. The Balaban J connectivity index is 0.889. The number of aryl methyl sites for hydroxylation is 2. The third-order valence-corrected chi connectivity index (χ3v) is 14.6. The largest absolute Gasteiger partial charge is 0.381 e. The number of unbranched alkanes of at least 4 members (excludes halogenated alkanes) is 6. The minimum atomic E-state index is -1.53. The van der Waals surface area contributed by atoms with Crippen molar-refractivity contribution >= 4 is 34.1 Å². The number of halogens is 6. The van der Waals surface area contributed by atoms with Crippen molar-refractivity contribution in [3.8, 4) is 0 Å². The van der Waals surface area contributed by atoms with Gasteiger partial charge in [0.05, 0.1) is 51.0 Å². The third kappa shape index (κ3) is 13.9. The molecule has 0 unspecified atom stereocenters. The summed E-state index contributed by atoms with van der Waals surface area (Å²) in [5.41, 5.74) is 7.40. The Labute approximate surface area is 427 Å². The molecule has 73 heavy (non-hydrogen) atoms. The summed E-state index contributed by atoms with van der Waals surface area (Å²) in [5, 5.41) is 0. The first-order valence-corrected chi connectivity index (χ1v) is 26.0. The lowest BCUT2D eigenvalue weighted by molar-refractivity contribution is -0.150. The SMILES string of the molecule is CCC1(COCCCCCCc2ccc(N(c3ccc(Cc4ccc(N(c5ccc(CCCCCCOCC6(CC)COC6)cc5)c5cc(F)c(F)c(F)c5)cc4)cc3)c3cc(F)c(F)c(F)c3)cc2)COC1. The smallest absolute Gasteiger partial charge is 0.194 e. The molecule has 12 heteroatoms. The summed E-state index contributed by atoms with van der Waals surface area (Å²) in [4.78, 5) is 3.39. The van der Waals surface area contributed by atoms with Crippen LogP contribution in [0.25, 0.3) is 0 Å². The van der Waals surface area contributed by atoms with Crippen LogP contribution >= 0.6 is 0 Å². The Morgan fingerprint density at radius 3 is 0.986 bits per heavy atom. The molecule has 388 valence electrons. The summed E-state index contributed by atoms with van der Waals surface area (Å²) in [7, 11) is 0. The predicted octanol–water partition coefficient (Wildman–Crippen LogP) is 16.1. The maximum atomic E-state index is 14.7. The van der Waals surface area contributed by atoms with E-state index in [-0.39, 0.29) is 22.2 Å². The van der Waals surface area contributed by atoms with Gasteiger partial charge in [0.1, 0.15) is 0 Å². The van der Waals surface area contributed by atoms with Gasteiger partial charge in [-0.15, -0.1) is 0 Å². The van der Waals surface area contributed by atoms with Crippen LogP contribution in [0.15, 0.2) is 121 Å². The van der Waals surface area contributed by atoms with E-state index in [9.17, 15) is 26.3 Å². The molecule has 0 N–H and O–H groups in total. The molecular formula is C61H68F6N2O4. The van der Waals surface area contributed by atoms with Crippen molar-refractivity contribution in [3.63, 3.8) is 0 Å². The lowest BCUT2D eigenvalue weighted by atomic mass is 9.84. The summed E-state index contributed by atoms with van der Waals surface area (Å²) in [6.07, 6.45) is 12.8. The van der Waals surface area contributed by atoms with Crippen molar-refractivity contribution in [2.75, 3.05) is 62.7 Å². The summed E-state index contributed by atoms with van der Waals surface area (Å²) in [5.74, 6) is -8.19. The normalized spacial score (nSPS) is 14.7. The fraction of sp³-hybridized carbons (Fsp3) is 0.410. The van der Waals surface area contributed by atoms with E-state index in [1.165, 1.54) is 0 Å². The topological polar surface area (TPSA) is 43.4 Å². The van der Waals surface area contributed by atoms with E-state index in [4.69, 9.17) is 18.9 Å². The van der Waals surface area contributed by atoms with Crippen LogP contribution in [0.5, 0.6) is 0 Å². The van der Waals surface area contributed by atoms with Crippen LogP contribution in [0.4, 0.5) is 60.5 Å². The monoisotopic (exact) mass is 1010 g/mol. The highest BCUT2D eigenvalue weighted by molar-refractivity contribution is 5.78. The van der Waals surface area contributed by atoms with Gasteiger partial charge in [0.2, 0.25) is 0 Å². The molecule has 6 nitrogen and oxygen atoms in total. The molecule has 6 aromatic carbocycles. The Bertz CT molecular complexity index is 2430. The van der Waals surface area contributed by atoms with Crippen LogP contribution in [0, 0.1) is 45.7 Å². The summed E-state index contributed by atoms with van der Waals surface area (Å²) < 4.78 is 110. The quantitative estimate of drug-likeness (QED) is 0.0277. The fourth-order valence-electron chi connectivity index (χ4n) is 9.53. The molecule has 0 saturated carbocycles. The van der Waals surface area contributed by atoms with E-state index >= 15 is 0 Å². The predicted molar refractivity (Wildman–Crippen MR) is 278 cm³/mol. The van der Waals surface area contributed by atoms with Crippen molar-refractivity contribution in [3.05, 3.63) is 178 Å². The highest BCUT2D eigenvalue weighted by atomic mass is 19.2. The van der Waals surface area contributed by atoms with Crippen LogP contribution in [-0.4, -0.2) is 52.9 Å². The van der Waals surface area contributed by atoms with Gasteiger partial charge in [0.25, 0.3) is 0 Å². The summed E-state index contributed by atoms with van der Waals surface area (Å²) in [6, 6.07) is 34.8. The van der Waals surface area contributed by atoms with Crippen molar-refractivity contribution < 1.29 is 45.3 Å².